The molecule has 0 unspecified atom stereocenters. The van der Waals surface area contributed by atoms with E-state index >= 15 is 0 Å². The molecule has 1 rings (SSSR count). The first kappa shape index (κ1) is 10.6. The highest BCUT2D eigenvalue weighted by molar-refractivity contribution is 8.11. The normalized spacial score (nSPS) is 18.5. The van der Waals surface area contributed by atoms with Crippen molar-refractivity contribution in [2.45, 2.75) is 0 Å². The van der Waals surface area contributed by atoms with E-state index in [9.17, 15) is 0 Å². The van der Waals surface area contributed by atoms with Crippen LogP contribution in [0.1, 0.15) is 0 Å². The first-order valence-electron chi connectivity index (χ1n) is 3.85. The van der Waals surface area contributed by atoms with Crippen molar-refractivity contribution < 1.29 is 4.74 Å². The zero-order chi connectivity index (χ0) is 9.68. The predicted octanol–water partition coefficient (Wildman–Crippen LogP) is -0.647. The average molecular weight is 220 g/mol. The molecule has 5 nitrogen and oxygen atoms in total. The number of guanidine groups is 1. The molecular weight excluding hydrogens is 208 g/mol. The molecule has 0 saturated carbocycles. The van der Waals surface area contributed by atoms with Gasteiger partial charge in [-0.3, -0.25) is 5.43 Å². The third-order valence-electron chi connectivity index (χ3n) is 1.60. The molecule has 0 aromatic rings. The second kappa shape index (κ2) is 5.25. The van der Waals surface area contributed by atoms with E-state index in [0.29, 0.717) is 23.5 Å². The van der Waals surface area contributed by atoms with E-state index in [1.165, 1.54) is 0 Å². The van der Waals surface area contributed by atoms with Crippen molar-refractivity contribution in [3.63, 3.8) is 0 Å². The Hall–Kier alpha value is -0.530. The molecule has 13 heavy (non-hydrogen) atoms. The van der Waals surface area contributed by atoms with Crippen molar-refractivity contribution in [2.24, 2.45) is 10.8 Å². The van der Waals surface area contributed by atoms with E-state index in [4.69, 9.17) is 10.5 Å². The molecule has 0 aromatic heterocycles. The lowest BCUT2D eigenvalue weighted by molar-refractivity contribution is 0.0673. The molecule has 0 amide bonds. The standard InChI is InChI=1S/C6H12N4OS2/c7-5(8-9-6(12)13)10-1-3-11-4-2-10/h1-4H2,(H2,7,8)(H2,9,12,13). The van der Waals surface area contributed by atoms with E-state index in [1.54, 1.807) is 0 Å². The van der Waals surface area contributed by atoms with Gasteiger partial charge in [0.15, 0.2) is 4.32 Å². The van der Waals surface area contributed by atoms with Crippen LogP contribution in [0.4, 0.5) is 0 Å². The fourth-order valence-electron chi connectivity index (χ4n) is 0.968. The number of thiol groups is 1. The quantitative estimate of drug-likeness (QED) is 0.180. The molecule has 1 aliphatic rings. The van der Waals surface area contributed by atoms with Gasteiger partial charge in [0.25, 0.3) is 0 Å². The Morgan fingerprint density at radius 3 is 2.69 bits per heavy atom. The Bertz CT molecular complexity index is 215. The van der Waals surface area contributed by atoms with Gasteiger partial charge >= 0.3 is 0 Å². The number of nitrogens with zero attached hydrogens (tertiary/aromatic N) is 2. The lowest BCUT2D eigenvalue weighted by atomic mass is 10.4. The van der Waals surface area contributed by atoms with Gasteiger partial charge in [-0.2, -0.15) is 0 Å². The third-order valence-corrected chi connectivity index (χ3v) is 1.79. The van der Waals surface area contributed by atoms with Crippen LogP contribution in [-0.4, -0.2) is 41.5 Å². The summed E-state index contributed by atoms with van der Waals surface area (Å²) in [6.45, 7) is 2.88. The van der Waals surface area contributed by atoms with E-state index in [0.717, 1.165) is 13.1 Å². The van der Waals surface area contributed by atoms with Gasteiger partial charge in [0.05, 0.1) is 13.2 Å². The minimum absolute atomic E-state index is 0.302. The van der Waals surface area contributed by atoms with Crippen molar-refractivity contribution in [1.82, 2.24) is 10.3 Å². The van der Waals surface area contributed by atoms with Crippen LogP contribution in [0.3, 0.4) is 0 Å². The van der Waals surface area contributed by atoms with E-state index in [1.807, 2.05) is 4.90 Å². The largest absolute Gasteiger partial charge is 0.378 e. The summed E-state index contributed by atoms with van der Waals surface area (Å²) in [7, 11) is 0. The molecule has 1 fully saturated rings. The summed E-state index contributed by atoms with van der Waals surface area (Å²) in [5.41, 5.74) is 8.18. The number of hydrogen-bond donors (Lipinski definition) is 3. The number of thiocarbonyl (C=S) groups is 1. The molecule has 0 spiro atoms. The van der Waals surface area contributed by atoms with Crippen LogP contribution in [0.2, 0.25) is 0 Å². The minimum atomic E-state index is 0.302. The molecular formula is C6H12N4OS2. The van der Waals surface area contributed by atoms with Crippen LogP contribution in [0.5, 0.6) is 0 Å². The highest BCUT2D eigenvalue weighted by Crippen LogP contribution is 1.95. The Labute approximate surface area is 87.7 Å². The van der Waals surface area contributed by atoms with Gasteiger partial charge in [0.1, 0.15) is 0 Å². The second-order valence-electron chi connectivity index (χ2n) is 2.49. The molecule has 0 aliphatic carbocycles. The number of nitrogens with two attached hydrogens (primary N) is 1. The fraction of sp³-hybridized carbons (Fsp3) is 0.667. The molecule has 1 heterocycles. The van der Waals surface area contributed by atoms with Crippen LogP contribution in [0, 0.1) is 0 Å². The lowest BCUT2D eigenvalue weighted by Crippen LogP contribution is -2.45. The number of nitrogens with one attached hydrogen (secondary N) is 1. The third kappa shape index (κ3) is 3.79. The smallest absolute Gasteiger partial charge is 0.214 e. The number of hydrazone groups is 1. The Kier molecular flexibility index (Phi) is 4.26. The van der Waals surface area contributed by atoms with E-state index in [-0.39, 0.29) is 0 Å². The van der Waals surface area contributed by atoms with Gasteiger partial charge in [-0.15, -0.1) is 17.7 Å². The predicted molar refractivity (Wildman–Crippen MR) is 58.7 cm³/mol. The maximum Gasteiger partial charge on any atom is 0.214 e. The van der Waals surface area contributed by atoms with Crippen LogP contribution >= 0.6 is 24.8 Å². The Morgan fingerprint density at radius 2 is 2.15 bits per heavy atom. The van der Waals surface area contributed by atoms with Crippen LogP contribution in [0.15, 0.2) is 5.10 Å². The van der Waals surface area contributed by atoms with Crippen molar-refractivity contribution in [1.29, 1.82) is 0 Å². The molecule has 1 aliphatic heterocycles. The molecule has 3 N–H and O–H groups in total. The monoisotopic (exact) mass is 220 g/mol. The molecule has 0 aromatic carbocycles. The maximum absolute atomic E-state index is 5.66. The van der Waals surface area contributed by atoms with Crippen molar-refractivity contribution in [3.05, 3.63) is 0 Å². The van der Waals surface area contributed by atoms with Crippen molar-refractivity contribution in [3.8, 4) is 0 Å². The first-order valence-corrected chi connectivity index (χ1v) is 4.70. The fourth-order valence-corrected chi connectivity index (χ4v) is 1.06. The average Bonchev–Trinajstić information content (AvgIpc) is 2.15. The van der Waals surface area contributed by atoms with Gasteiger partial charge in [-0.1, -0.05) is 12.2 Å². The second-order valence-corrected chi connectivity index (χ2v) is 3.64. The minimum Gasteiger partial charge on any atom is -0.378 e. The van der Waals surface area contributed by atoms with Gasteiger partial charge in [-0.25, -0.2) is 0 Å². The maximum atomic E-state index is 5.66. The summed E-state index contributed by atoms with van der Waals surface area (Å²) in [4.78, 5) is 1.92. The van der Waals surface area contributed by atoms with Gasteiger partial charge in [0, 0.05) is 13.1 Å². The van der Waals surface area contributed by atoms with Crippen LogP contribution < -0.4 is 11.2 Å². The zero-order valence-corrected chi connectivity index (χ0v) is 8.77. The molecule has 1 saturated heterocycles. The number of ether oxygens (including phenoxy) is 1. The topological polar surface area (TPSA) is 62.9 Å². The highest BCUT2D eigenvalue weighted by atomic mass is 32.1. The van der Waals surface area contributed by atoms with Crippen molar-refractivity contribution >= 4 is 35.1 Å². The highest BCUT2D eigenvalue weighted by Gasteiger charge is 2.11. The van der Waals surface area contributed by atoms with Gasteiger partial charge < -0.3 is 15.4 Å². The summed E-state index contributed by atoms with van der Waals surface area (Å²) >= 11 is 8.51. The zero-order valence-electron chi connectivity index (χ0n) is 7.06. The lowest BCUT2D eigenvalue weighted by Gasteiger charge is -2.27. The summed E-state index contributed by atoms with van der Waals surface area (Å²) < 4.78 is 5.46. The van der Waals surface area contributed by atoms with Gasteiger partial charge in [0.2, 0.25) is 5.96 Å². The molecule has 74 valence electrons. The van der Waals surface area contributed by atoms with Crippen molar-refractivity contribution in [2.75, 3.05) is 26.3 Å². The van der Waals surface area contributed by atoms with E-state index in [2.05, 4.69) is 35.4 Å². The molecule has 0 atom stereocenters. The van der Waals surface area contributed by atoms with Crippen LogP contribution in [0.25, 0.3) is 0 Å². The number of rotatable bonds is 1. The SMILES string of the molecule is NC(=NNC(=S)S)N1CCOCC1. The van der Waals surface area contributed by atoms with Crippen LogP contribution in [-0.2, 0) is 4.74 Å². The molecule has 7 heteroatoms. The Balaban J connectivity index is 2.39. The summed E-state index contributed by atoms with van der Waals surface area (Å²) in [6, 6.07) is 0. The number of morpholine rings is 1. The van der Waals surface area contributed by atoms with Gasteiger partial charge in [-0.05, 0) is 0 Å². The summed E-state index contributed by atoms with van der Waals surface area (Å²) in [5, 5.41) is 3.84. The summed E-state index contributed by atoms with van der Waals surface area (Å²) in [5.74, 6) is 0.416. The van der Waals surface area contributed by atoms with E-state index < -0.39 is 0 Å². The summed E-state index contributed by atoms with van der Waals surface area (Å²) in [6.07, 6.45) is 0. The molecule has 0 bridgehead atoms. The first-order chi connectivity index (χ1) is 6.20. The Morgan fingerprint density at radius 1 is 1.54 bits per heavy atom. The number of hydrogen-bond acceptors (Lipinski definition) is 3. The molecule has 0 radical (unpaired) electrons.